The number of halogens is 5. The summed E-state index contributed by atoms with van der Waals surface area (Å²) < 4.78 is 94.2. The highest BCUT2D eigenvalue weighted by atomic mass is 19.4. The van der Waals surface area contributed by atoms with Gasteiger partial charge < -0.3 is 18.9 Å². The molecule has 204 valence electrons. The van der Waals surface area contributed by atoms with E-state index >= 15 is 8.78 Å². The van der Waals surface area contributed by atoms with E-state index in [0.717, 1.165) is 0 Å². The quantitative estimate of drug-likeness (QED) is 0.147. The molecule has 0 bridgehead atoms. The minimum absolute atomic E-state index is 0.0472. The predicted molar refractivity (Wildman–Crippen MR) is 113 cm³/mol. The Bertz CT molecular complexity index is 889. The van der Waals surface area contributed by atoms with E-state index in [1.165, 1.54) is 6.92 Å². The van der Waals surface area contributed by atoms with E-state index in [4.69, 9.17) is 14.2 Å². The summed E-state index contributed by atoms with van der Waals surface area (Å²) >= 11 is 0. The Kier molecular flexibility index (Phi) is 7.80. The van der Waals surface area contributed by atoms with E-state index in [0.29, 0.717) is 6.42 Å². The van der Waals surface area contributed by atoms with Crippen molar-refractivity contribution in [3.05, 3.63) is 12.2 Å². The van der Waals surface area contributed by atoms with Crippen LogP contribution in [-0.4, -0.2) is 54.1 Å². The monoisotopic (exact) mass is 526 g/mol. The van der Waals surface area contributed by atoms with Crippen LogP contribution in [0.4, 0.5) is 22.0 Å². The van der Waals surface area contributed by atoms with Crippen molar-refractivity contribution in [2.24, 2.45) is 17.8 Å². The van der Waals surface area contributed by atoms with Gasteiger partial charge in [0.2, 0.25) is 5.60 Å². The Labute approximate surface area is 205 Å². The number of rotatable bonds is 8. The number of carbonyl (C=O) groups excluding carboxylic acids is 3. The van der Waals surface area contributed by atoms with Crippen LogP contribution in [0.2, 0.25) is 0 Å². The molecule has 12 heteroatoms. The van der Waals surface area contributed by atoms with E-state index in [2.05, 4.69) is 11.3 Å². The lowest BCUT2D eigenvalue weighted by atomic mass is 9.77. The fraction of sp³-hybridized carbons (Fsp3) is 0.792. The van der Waals surface area contributed by atoms with Gasteiger partial charge >= 0.3 is 29.8 Å². The molecule has 1 aliphatic heterocycles. The highest BCUT2D eigenvalue weighted by molar-refractivity contribution is 5.87. The maximum Gasteiger partial charge on any atom is 0.462 e. The van der Waals surface area contributed by atoms with Crippen LogP contribution < -0.4 is 0 Å². The Morgan fingerprint density at radius 1 is 1.17 bits per heavy atom. The van der Waals surface area contributed by atoms with Crippen LogP contribution in [-0.2, 0) is 33.3 Å². The Balaban J connectivity index is 1.90. The number of hydrogen-bond donors (Lipinski definition) is 0. The molecule has 3 rings (SSSR count). The highest BCUT2D eigenvalue weighted by Crippen LogP contribution is 2.63. The SMILES string of the molecule is C=C(C)C(=O)OC12CCCCC1OC(OC(=O)CC1CC(OC=O)C(C(C)C)C1)(C(F)(F)F)C2(F)F. The minimum Gasteiger partial charge on any atom is -0.464 e. The maximum atomic E-state index is 15.9. The van der Waals surface area contributed by atoms with Gasteiger partial charge in [0.1, 0.15) is 12.2 Å². The topological polar surface area (TPSA) is 88.1 Å². The molecule has 2 saturated carbocycles. The summed E-state index contributed by atoms with van der Waals surface area (Å²) in [5.74, 6) is -13.0. The third-order valence-electron chi connectivity index (χ3n) is 7.48. The van der Waals surface area contributed by atoms with Crippen molar-refractivity contribution in [2.75, 3.05) is 0 Å². The van der Waals surface area contributed by atoms with Crippen molar-refractivity contribution in [1.82, 2.24) is 0 Å². The number of fused-ring (bicyclic) bond motifs is 1. The molecule has 3 fully saturated rings. The van der Waals surface area contributed by atoms with Crippen LogP contribution >= 0.6 is 0 Å². The summed E-state index contributed by atoms with van der Waals surface area (Å²) in [6.07, 6.45) is -8.88. The average molecular weight is 526 g/mol. The summed E-state index contributed by atoms with van der Waals surface area (Å²) in [5.41, 5.74) is -3.25. The summed E-state index contributed by atoms with van der Waals surface area (Å²) in [6.45, 7) is 8.48. The third kappa shape index (κ3) is 4.61. The van der Waals surface area contributed by atoms with Crippen molar-refractivity contribution in [3.63, 3.8) is 0 Å². The minimum atomic E-state index is -5.84. The molecular weight excluding hydrogens is 495 g/mol. The Morgan fingerprint density at radius 3 is 2.39 bits per heavy atom. The van der Waals surface area contributed by atoms with E-state index in [1.807, 2.05) is 13.8 Å². The fourth-order valence-electron chi connectivity index (χ4n) is 5.67. The Hall–Kier alpha value is -2.24. The van der Waals surface area contributed by atoms with Gasteiger partial charge in [0.25, 0.3) is 6.47 Å². The molecule has 6 atom stereocenters. The van der Waals surface area contributed by atoms with Crippen LogP contribution in [0.5, 0.6) is 0 Å². The van der Waals surface area contributed by atoms with Crippen LogP contribution in [0, 0.1) is 17.8 Å². The molecule has 0 spiro atoms. The molecular formula is C24H31F5O7. The summed E-state index contributed by atoms with van der Waals surface area (Å²) in [6, 6.07) is 0. The molecule has 0 aromatic carbocycles. The van der Waals surface area contributed by atoms with Gasteiger partial charge in [0, 0.05) is 12.0 Å². The van der Waals surface area contributed by atoms with E-state index < -0.39 is 66.4 Å². The largest absolute Gasteiger partial charge is 0.464 e. The van der Waals surface area contributed by atoms with E-state index in [9.17, 15) is 27.6 Å². The highest BCUT2D eigenvalue weighted by Gasteiger charge is 2.89. The normalized spacial score (nSPS) is 35.7. The van der Waals surface area contributed by atoms with Crippen LogP contribution in [0.25, 0.3) is 0 Å². The maximum absolute atomic E-state index is 15.9. The molecule has 1 saturated heterocycles. The van der Waals surface area contributed by atoms with E-state index in [-0.39, 0.29) is 49.6 Å². The van der Waals surface area contributed by atoms with Gasteiger partial charge in [-0.15, -0.1) is 0 Å². The lowest BCUT2D eigenvalue weighted by molar-refractivity contribution is -0.412. The average Bonchev–Trinajstić information content (AvgIpc) is 3.23. The molecule has 2 aliphatic carbocycles. The number of esters is 2. The van der Waals surface area contributed by atoms with E-state index in [1.54, 1.807) is 0 Å². The summed E-state index contributed by atoms with van der Waals surface area (Å²) in [5, 5.41) is 0. The van der Waals surface area contributed by atoms with Crippen molar-refractivity contribution < 1.29 is 55.3 Å². The van der Waals surface area contributed by atoms with Gasteiger partial charge in [-0.25, -0.2) is 4.79 Å². The molecule has 0 aromatic heterocycles. The summed E-state index contributed by atoms with van der Waals surface area (Å²) in [7, 11) is 0. The predicted octanol–water partition coefficient (Wildman–Crippen LogP) is 4.87. The first-order valence-electron chi connectivity index (χ1n) is 11.9. The zero-order valence-electron chi connectivity index (χ0n) is 20.4. The van der Waals surface area contributed by atoms with Gasteiger partial charge in [-0.05, 0) is 56.8 Å². The van der Waals surface area contributed by atoms with Crippen molar-refractivity contribution in [3.8, 4) is 0 Å². The van der Waals surface area contributed by atoms with Crippen molar-refractivity contribution in [1.29, 1.82) is 0 Å². The molecule has 36 heavy (non-hydrogen) atoms. The first-order valence-corrected chi connectivity index (χ1v) is 11.9. The molecule has 3 aliphatic rings. The summed E-state index contributed by atoms with van der Waals surface area (Å²) in [4.78, 5) is 35.7. The van der Waals surface area contributed by atoms with Gasteiger partial charge in [-0.1, -0.05) is 26.8 Å². The lowest BCUT2D eigenvalue weighted by Crippen LogP contribution is -2.66. The number of ether oxygens (including phenoxy) is 4. The molecule has 0 amide bonds. The second kappa shape index (κ2) is 9.90. The Morgan fingerprint density at radius 2 is 1.83 bits per heavy atom. The zero-order chi connectivity index (χ0) is 27.1. The van der Waals surface area contributed by atoms with Crippen LogP contribution in [0.15, 0.2) is 12.2 Å². The first-order chi connectivity index (χ1) is 16.6. The van der Waals surface area contributed by atoms with Gasteiger partial charge in [-0.2, -0.15) is 22.0 Å². The molecule has 0 radical (unpaired) electrons. The van der Waals surface area contributed by atoms with Crippen molar-refractivity contribution >= 4 is 18.4 Å². The first kappa shape index (κ1) is 28.3. The van der Waals surface area contributed by atoms with Gasteiger partial charge in [0.15, 0.2) is 0 Å². The van der Waals surface area contributed by atoms with Crippen LogP contribution in [0.1, 0.15) is 65.7 Å². The second-order valence-corrected chi connectivity index (χ2v) is 10.3. The molecule has 7 nitrogen and oxygen atoms in total. The molecule has 6 unspecified atom stereocenters. The molecule has 0 N–H and O–H groups in total. The zero-order valence-corrected chi connectivity index (χ0v) is 20.4. The number of alkyl halides is 5. The smallest absolute Gasteiger partial charge is 0.462 e. The fourth-order valence-corrected chi connectivity index (χ4v) is 5.67. The lowest BCUT2D eigenvalue weighted by Gasteiger charge is -2.41. The second-order valence-electron chi connectivity index (χ2n) is 10.3. The van der Waals surface area contributed by atoms with Crippen LogP contribution in [0.3, 0.4) is 0 Å². The molecule has 1 heterocycles. The van der Waals surface area contributed by atoms with Gasteiger partial charge in [0.05, 0.1) is 0 Å². The number of carbonyl (C=O) groups is 3. The van der Waals surface area contributed by atoms with Gasteiger partial charge in [-0.3, -0.25) is 9.59 Å². The standard InChI is InChI=1S/C24H31F5O7/c1-13(2)16-9-15(10-17(16)33-12-30)11-19(31)35-23(24(27,28)29)22(25,26)21(36-20(32)14(3)4)8-6-5-7-18(21)34-23/h12-13,15-18H,3,5-11H2,1-2,4H3. The van der Waals surface area contributed by atoms with Crippen molar-refractivity contribution in [2.45, 2.75) is 101 Å². The molecule has 0 aromatic rings. The third-order valence-corrected chi connectivity index (χ3v) is 7.48. The number of hydrogen-bond acceptors (Lipinski definition) is 7.